The summed E-state index contributed by atoms with van der Waals surface area (Å²) in [6.45, 7) is 6.42. The number of nitrogens with one attached hydrogen (secondary N) is 1. The Morgan fingerprint density at radius 1 is 1.09 bits per heavy atom. The minimum Gasteiger partial charge on any atom is -0.376 e. The van der Waals surface area contributed by atoms with Gasteiger partial charge in [0, 0.05) is 56.8 Å². The summed E-state index contributed by atoms with van der Waals surface area (Å²) >= 11 is 0. The van der Waals surface area contributed by atoms with Gasteiger partial charge in [-0.1, -0.05) is 18.2 Å². The fourth-order valence-electron chi connectivity index (χ4n) is 4.70. The van der Waals surface area contributed by atoms with Crippen LogP contribution in [0.4, 0.5) is 15.9 Å². The molecule has 3 aromatic rings. The lowest BCUT2D eigenvalue weighted by atomic mass is 10.1. The molecular weight excluding hydrogens is 445 g/mol. The molecule has 8 heteroatoms. The van der Waals surface area contributed by atoms with Gasteiger partial charge in [-0.15, -0.1) is 0 Å². The normalized spacial score (nSPS) is 18.1. The number of hydrogen-bond acceptors (Lipinski definition) is 6. The second kappa shape index (κ2) is 10.4. The number of ether oxygens (including phenoxy) is 1. The van der Waals surface area contributed by atoms with Crippen molar-refractivity contribution in [3.8, 4) is 11.4 Å². The second-order valence-corrected chi connectivity index (χ2v) is 9.04. The number of hydrogen-bond donors (Lipinski definition) is 1. The molecule has 0 aliphatic carbocycles. The zero-order valence-electron chi connectivity index (χ0n) is 19.9. The number of nitrogens with zero attached hydrogens (tertiary/aromatic N) is 4. The summed E-state index contributed by atoms with van der Waals surface area (Å²) in [6, 6.07) is 14.5. The number of para-hydroxylation sites is 1. The van der Waals surface area contributed by atoms with Crippen LogP contribution in [0.2, 0.25) is 0 Å². The molecule has 0 unspecified atom stereocenters. The maximum Gasteiger partial charge on any atom is 0.256 e. The Hall–Kier alpha value is -3.52. The molecule has 0 spiro atoms. The summed E-state index contributed by atoms with van der Waals surface area (Å²) in [5, 5.41) is 3.00. The van der Waals surface area contributed by atoms with E-state index in [1.54, 1.807) is 18.3 Å². The largest absolute Gasteiger partial charge is 0.376 e. The molecule has 1 aromatic heterocycles. The molecule has 3 heterocycles. The summed E-state index contributed by atoms with van der Waals surface area (Å²) in [5.74, 6) is 0.555. The molecule has 2 aliphatic rings. The summed E-state index contributed by atoms with van der Waals surface area (Å²) in [6.07, 6.45) is 3.61. The van der Waals surface area contributed by atoms with Crippen LogP contribution in [-0.2, 0) is 4.74 Å². The van der Waals surface area contributed by atoms with Crippen LogP contribution in [0.3, 0.4) is 0 Å². The third kappa shape index (κ3) is 5.27. The third-order valence-electron chi connectivity index (χ3n) is 6.67. The van der Waals surface area contributed by atoms with Crippen LogP contribution in [0.25, 0.3) is 11.4 Å². The second-order valence-electron chi connectivity index (χ2n) is 9.04. The molecule has 0 bridgehead atoms. The number of rotatable bonds is 6. The summed E-state index contributed by atoms with van der Waals surface area (Å²) in [7, 11) is 0. The molecule has 35 heavy (non-hydrogen) atoms. The van der Waals surface area contributed by atoms with Crippen molar-refractivity contribution >= 4 is 17.4 Å². The van der Waals surface area contributed by atoms with Crippen LogP contribution in [0.1, 0.15) is 28.8 Å². The smallest absolute Gasteiger partial charge is 0.256 e. The number of anilines is 2. The third-order valence-corrected chi connectivity index (χ3v) is 6.67. The topological polar surface area (TPSA) is 70.6 Å². The number of amides is 1. The first-order valence-electron chi connectivity index (χ1n) is 12.2. The van der Waals surface area contributed by atoms with E-state index < -0.39 is 0 Å². The molecule has 0 radical (unpaired) electrons. The SMILES string of the molecule is Cc1ccccc1N1CCN(c2nc(-c3ccc(F)cc3)ncc2C(=O)NC[C@H]2CCCO2)CC1. The number of benzene rings is 2. The van der Waals surface area contributed by atoms with Crippen LogP contribution >= 0.6 is 0 Å². The lowest BCUT2D eigenvalue weighted by Gasteiger charge is -2.38. The molecule has 1 atom stereocenters. The van der Waals surface area contributed by atoms with Crippen molar-refractivity contribution in [2.45, 2.75) is 25.9 Å². The Morgan fingerprint density at radius 3 is 2.54 bits per heavy atom. The van der Waals surface area contributed by atoms with Gasteiger partial charge in [0.1, 0.15) is 17.2 Å². The quantitative estimate of drug-likeness (QED) is 0.585. The van der Waals surface area contributed by atoms with Gasteiger partial charge in [-0.05, 0) is 55.7 Å². The lowest BCUT2D eigenvalue weighted by molar-refractivity contribution is 0.0857. The highest BCUT2D eigenvalue weighted by Crippen LogP contribution is 2.26. The van der Waals surface area contributed by atoms with Gasteiger partial charge in [-0.25, -0.2) is 14.4 Å². The predicted octanol–water partition coefficient (Wildman–Crippen LogP) is 3.83. The van der Waals surface area contributed by atoms with Gasteiger partial charge >= 0.3 is 0 Å². The van der Waals surface area contributed by atoms with Crippen molar-refractivity contribution in [3.63, 3.8) is 0 Å². The number of aromatic nitrogens is 2. The van der Waals surface area contributed by atoms with E-state index in [1.165, 1.54) is 23.4 Å². The van der Waals surface area contributed by atoms with Crippen molar-refractivity contribution < 1.29 is 13.9 Å². The first-order chi connectivity index (χ1) is 17.1. The molecule has 7 nitrogen and oxygen atoms in total. The highest BCUT2D eigenvalue weighted by atomic mass is 19.1. The molecule has 2 saturated heterocycles. The van der Waals surface area contributed by atoms with Gasteiger partial charge in [-0.3, -0.25) is 4.79 Å². The summed E-state index contributed by atoms with van der Waals surface area (Å²) < 4.78 is 19.1. The van der Waals surface area contributed by atoms with Gasteiger partial charge in [-0.2, -0.15) is 0 Å². The number of carbonyl (C=O) groups is 1. The van der Waals surface area contributed by atoms with Gasteiger partial charge in [0.2, 0.25) is 0 Å². The first kappa shape index (κ1) is 23.2. The van der Waals surface area contributed by atoms with E-state index in [-0.39, 0.29) is 17.8 Å². The van der Waals surface area contributed by atoms with E-state index >= 15 is 0 Å². The molecule has 2 aliphatic heterocycles. The Kier molecular flexibility index (Phi) is 6.90. The molecule has 2 fully saturated rings. The number of aryl methyl sites for hydroxylation is 1. The van der Waals surface area contributed by atoms with Crippen molar-refractivity contribution in [2.24, 2.45) is 0 Å². The van der Waals surface area contributed by atoms with E-state index in [2.05, 4.69) is 51.3 Å². The van der Waals surface area contributed by atoms with Gasteiger partial charge in [0.25, 0.3) is 5.91 Å². The average molecular weight is 476 g/mol. The zero-order chi connectivity index (χ0) is 24.2. The molecule has 182 valence electrons. The zero-order valence-corrected chi connectivity index (χ0v) is 19.9. The molecule has 0 saturated carbocycles. The maximum atomic E-state index is 13.4. The van der Waals surface area contributed by atoms with Gasteiger partial charge in [0.15, 0.2) is 5.82 Å². The van der Waals surface area contributed by atoms with E-state index in [4.69, 9.17) is 9.72 Å². The van der Waals surface area contributed by atoms with E-state index in [0.29, 0.717) is 29.3 Å². The summed E-state index contributed by atoms with van der Waals surface area (Å²) in [4.78, 5) is 26.9. The van der Waals surface area contributed by atoms with Crippen molar-refractivity contribution in [1.29, 1.82) is 0 Å². The fourth-order valence-corrected chi connectivity index (χ4v) is 4.70. The number of carbonyl (C=O) groups excluding carboxylic acids is 1. The Morgan fingerprint density at radius 2 is 1.83 bits per heavy atom. The molecule has 1 amide bonds. The number of halogens is 1. The van der Waals surface area contributed by atoms with Crippen molar-refractivity contribution in [2.75, 3.05) is 49.1 Å². The Labute approximate surface area is 204 Å². The highest BCUT2D eigenvalue weighted by Gasteiger charge is 2.26. The first-order valence-corrected chi connectivity index (χ1v) is 12.2. The number of piperazine rings is 1. The standard InChI is InChI=1S/C27H30FN5O2/c1-19-5-2-3-7-24(19)32-12-14-33(15-13-32)26-23(27(34)30-17-22-6-4-16-35-22)18-29-25(31-26)20-8-10-21(28)11-9-20/h2-3,5,7-11,18,22H,4,6,12-17H2,1H3,(H,30,34)/t22-/m1/s1. The van der Waals surface area contributed by atoms with Crippen LogP contribution in [0, 0.1) is 12.7 Å². The average Bonchev–Trinajstić information content (AvgIpc) is 3.42. The molecule has 5 rings (SSSR count). The maximum absolute atomic E-state index is 13.4. The molecule has 1 N–H and O–H groups in total. The summed E-state index contributed by atoms with van der Waals surface area (Å²) in [5.41, 5.74) is 3.63. The van der Waals surface area contributed by atoms with E-state index in [9.17, 15) is 9.18 Å². The van der Waals surface area contributed by atoms with E-state index in [0.717, 1.165) is 45.6 Å². The Bertz CT molecular complexity index is 1170. The van der Waals surface area contributed by atoms with Crippen LogP contribution in [-0.4, -0.2) is 61.3 Å². The Balaban J connectivity index is 1.39. The monoisotopic (exact) mass is 475 g/mol. The van der Waals surface area contributed by atoms with Crippen LogP contribution < -0.4 is 15.1 Å². The minimum absolute atomic E-state index is 0.0551. The van der Waals surface area contributed by atoms with Crippen LogP contribution in [0.5, 0.6) is 0 Å². The van der Waals surface area contributed by atoms with Crippen molar-refractivity contribution in [1.82, 2.24) is 15.3 Å². The fraction of sp³-hybridized carbons (Fsp3) is 0.370. The van der Waals surface area contributed by atoms with Gasteiger partial charge < -0.3 is 19.9 Å². The van der Waals surface area contributed by atoms with Crippen LogP contribution in [0.15, 0.2) is 54.7 Å². The molecular formula is C27H30FN5O2. The van der Waals surface area contributed by atoms with E-state index in [1.807, 2.05) is 0 Å². The lowest BCUT2D eigenvalue weighted by Crippen LogP contribution is -2.47. The van der Waals surface area contributed by atoms with Crippen molar-refractivity contribution in [3.05, 3.63) is 71.7 Å². The molecule has 2 aromatic carbocycles. The minimum atomic E-state index is -0.313. The highest BCUT2D eigenvalue weighted by molar-refractivity contribution is 5.99. The predicted molar refractivity (Wildman–Crippen MR) is 134 cm³/mol. The van der Waals surface area contributed by atoms with Gasteiger partial charge in [0.05, 0.1) is 6.10 Å².